The minimum absolute atomic E-state index is 0.0118. The molecule has 3 heterocycles. The number of aryl methyl sites for hydroxylation is 1. The molecule has 0 unspecified atom stereocenters. The summed E-state index contributed by atoms with van der Waals surface area (Å²) in [6.07, 6.45) is 3.82. The minimum atomic E-state index is -0.243. The second-order valence-corrected chi connectivity index (χ2v) is 6.62. The molecule has 4 rings (SSSR count). The Bertz CT molecular complexity index is 946. The predicted molar refractivity (Wildman–Crippen MR) is 101 cm³/mol. The lowest BCUT2D eigenvalue weighted by Crippen LogP contribution is -2.50. The van der Waals surface area contributed by atoms with Gasteiger partial charge in [-0.25, -0.2) is 9.37 Å². The molecule has 2 aromatic heterocycles. The number of aromatic nitrogens is 2. The summed E-state index contributed by atoms with van der Waals surface area (Å²) in [4.78, 5) is 20.9. The van der Waals surface area contributed by atoms with Gasteiger partial charge in [0.15, 0.2) is 18.0 Å². The third kappa shape index (κ3) is 3.72. The molecule has 1 amide bonds. The van der Waals surface area contributed by atoms with Crippen molar-refractivity contribution in [1.82, 2.24) is 14.3 Å². The lowest BCUT2D eigenvalue weighted by atomic mass is 10.2. The number of carbonyl (C=O) groups is 1. The molecule has 0 spiro atoms. The Balaban J connectivity index is 1.33. The van der Waals surface area contributed by atoms with E-state index in [1.807, 2.05) is 35.9 Å². The van der Waals surface area contributed by atoms with Crippen molar-refractivity contribution in [3.8, 4) is 5.75 Å². The van der Waals surface area contributed by atoms with Crippen molar-refractivity contribution < 1.29 is 13.9 Å². The van der Waals surface area contributed by atoms with E-state index in [9.17, 15) is 9.18 Å². The van der Waals surface area contributed by atoms with Crippen molar-refractivity contribution in [2.45, 2.75) is 6.92 Å². The first kappa shape index (κ1) is 17.3. The zero-order valence-electron chi connectivity index (χ0n) is 15.1. The highest BCUT2D eigenvalue weighted by atomic mass is 19.1. The fourth-order valence-corrected chi connectivity index (χ4v) is 3.32. The molecular formula is C20H21FN4O2. The molecule has 0 saturated carbocycles. The molecule has 0 atom stereocenters. The molecule has 3 aromatic rings. The number of rotatable bonds is 4. The zero-order chi connectivity index (χ0) is 18.8. The van der Waals surface area contributed by atoms with Crippen molar-refractivity contribution in [1.29, 1.82) is 0 Å². The standard InChI is InChI=1S/C20H21FN4O2/c1-15-13-25-8-2-3-18(20(25)22-15)27-14-19(26)24-11-9-23(10-12-24)17-6-4-16(21)5-7-17/h2-8,13H,9-12,14H2,1H3. The van der Waals surface area contributed by atoms with Crippen LogP contribution in [-0.4, -0.2) is 53.0 Å². The molecular weight excluding hydrogens is 347 g/mol. The van der Waals surface area contributed by atoms with Crippen LogP contribution in [-0.2, 0) is 4.79 Å². The number of anilines is 1. The van der Waals surface area contributed by atoms with Crippen LogP contribution in [0.15, 0.2) is 48.8 Å². The van der Waals surface area contributed by atoms with Crippen LogP contribution in [0.2, 0.25) is 0 Å². The molecule has 0 bridgehead atoms. The first-order valence-corrected chi connectivity index (χ1v) is 8.95. The normalized spacial score (nSPS) is 14.6. The molecule has 1 aliphatic heterocycles. The van der Waals surface area contributed by atoms with Gasteiger partial charge in [-0.15, -0.1) is 0 Å². The van der Waals surface area contributed by atoms with Crippen LogP contribution in [0.4, 0.5) is 10.1 Å². The Kier molecular flexibility index (Phi) is 4.66. The molecule has 1 saturated heterocycles. The number of hydrogen-bond donors (Lipinski definition) is 0. The second-order valence-electron chi connectivity index (χ2n) is 6.62. The maximum absolute atomic E-state index is 13.1. The van der Waals surface area contributed by atoms with Gasteiger partial charge in [0.05, 0.1) is 5.69 Å². The van der Waals surface area contributed by atoms with Crippen LogP contribution in [0, 0.1) is 12.7 Å². The average molecular weight is 368 g/mol. The molecule has 1 fully saturated rings. The highest BCUT2D eigenvalue weighted by Gasteiger charge is 2.22. The van der Waals surface area contributed by atoms with Gasteiger partial charge in [-0.05, 0) is 43.3 Å². The summed E-state index contributed by atoms with van der Waals surface area (Å²) in [7, 11) is 0. The average Bonchev–Trinajstić information content (AvgIpc) is 3.07. The largest absolute Gasteiger partial charge is 0.480 e. The topological polar surface area (TPSA) is 50.1 Å². The number of piperazine rings is 1. The van der Waals surface area contributed by atoms with E-state index < -0.39 is 0 Å². The first-order valence-electron chi connectivity index (χ1n) is 8.95. The second kappa shape index (κ2) is 7.26. The van der Waals surface area contributed by atoms with Gasteiger partial charge in [0.2, 0.25) is 0 Å². The molecule has 0 N–H and O–H groups in total. The summed E-state index contributed by atoms with van der Waals surface area (Å²) in [5.74, 6) is 0.315. The number of ether oxygens (including phenoxy) is 1. The summed E-state index contributed by atoms with van der Waals surface area (Å²) in [5.41, 5.74) is 2.58. The SMILES string of the molecule is Cc1cn2cccc(OCC(=O)N3CCN(c4ccc(F)cc4)CC3)c2n1. The van der Waals surface area contributed by atoms with Crippen LogP contribution >= 0.6 is 0 Å². The Morgan fingerprint density at radius 3 is 2.63 bits per heavy atom. The molecule has 1 aliphatic rings. The van der Waals surface area contributed by atoms with Gasteiger partial charge in [0.1, 0.15) is 5.82 Å². The Labute approximate surface area is 156 Å². The van der Waals surface area contributed by atoms with Gasteiger partial charge >= 0.3 is 0 Å². The molecule has 27 heavy (non-hydrogen) atoms. The van der Waals surface area contributed by atoms with Crippen LogP contribution in [0.25, 0.3) is 5.65 Å². The number of nitrogens with zero attached hydrogens (tertiary/aromatic N) is 4. The molecule has 0 radical (unpaired) electrons. The number of amides is 1. The summed E-state index contributed by atoms with van der Waals surface area (Å²) in [5, 5.41) is 0. The number of halogens is 1. The molecule has 6 nitrogen and oxygen atoms in total. The van der Waals surface area contributed by atoms with E-state index in [4.69, 9.17) is 4.74 Å². The van der Waals surface area contributed by atoms with Gasteiger partial charge in [0, 0.05) is 44.3 Å². The predicted octanol–water partition coefficient (Wildman–Crippen LogP) is 2.51. The van der Waals surface area contributed by atoms with Crippen molar-refractivity contribution in [3.05, 3.63) is 60.3 Å². The number of hydrogen-bond acceptors (Lipinski definition) is 4. The van der Waals surface area contributed by atoms with E-state index in [1.165, 1.54) is 12.1 Å². The van der Waals surface area contributed by atoms with E-state index >= 15 is 0 Å². The van der Waals surface area contributed by atoms with Gasteiger partial charge in [-0.1, -0.05) is 0 Å². The van der Waals surface area contributed by atoms with Crippen LogP contribution in [0.3, 0.4) is 0 Å². The Hall–Kier alpha value is -3.09. The number of carbonyl (C=O) groups excluding carboxylic acids is 1. The number of fused-ring (bicyclic) bond motifs is 1. The highest BCUT2D eigenvalue weighted by Crippen LogP contribution is 2.20. The monoisotopic (exact) mass is 368 g/mol. The van der Waals surface area contributed by atoms with Gasteiger partial charge < -0.3 is 18.9 Å². The highest BCUT2D eigenvalue weighted by molar-refractivity contribution is 5.78. The molecule has 0 aliphatic carbocycles. The van der Waals surface area contributed by atoms with Crippen LogP contribution < -0.4 is 9.64 Å². The number of pyridine rings is 1. The third-order valence-corrected chi connectivity index (χ3v) is 4.74. The minimum Gasteiger partial charge on any atom is -0.480 e. The number of imidazole rings is 1. The third-order valence-electron chi connectivity index (χ3n) is 4.74. The van der Waals surface area contributed by atoms with Crippen molar-refractivity contribution in [2.24, 2.45) is 0 Å². The smallest absolute Gasteiger partial charge is 0.260 e. The summed E-state index contributed by atoms with van der Waals surface area (Å²) < 4.78 is 20.7. The summed E-state index contributed by atoms with van der Waals surface area (Å²) >= 11 is 0. The summed E-state index contributed by atoms with van der Waals surface area (Å²) in [6, 6.07) is 10.1. The van der Waals surface area contributed by atoms with E-state index in [2.05, 4.69) is 9.88 Å². The van der Waals surface area contributed by atoms with Crippen LogP contribution in [0.5, 0.6) is 5.75 Å². The maximum Gasteiger partial charge on any atom is 0.260 e. The fraction of sp³-hybridized carbons (Fsp3) is 0.300. The Morgan fingerprint density at radius 2 is 1.89 bits per heavy atom. The van der Waals surface area contributed by atoms with Gasteiger partial charge in [-0.3, -0.25) is 4.79 Å². The van der Waals surface area contributed by atoms with Crippen molar-refractivity contribution in [2.75, 3.05) is 37.7 Å². The van der Waals surface area contributed by atoms with E-state index in [1.54, 1.807) is 17.0 Å². The first-order chi connectivity index (χ1) is 13.1. The van der Waals surface area contributed by atoms with Crippen molar-refractivity contribution >= 4 is 17.2 Å². The van der Waals surface area contributed by atoms with E-state index in [0.29, 0.717) is 37.6 Å². The maximum atomic E-state index is 13.1. The fourth-order valence-electron chi connectivity index (χ4n) is 3.32. The van der Waals surface area contributed by atoms with Gasteiger partial charge in [-0.2, -0.15) is 0 Å². The van der Waals surface area contributed by atoms with Crippen LogP contribution in [0.1, 0.15) is 5.69 Å². The summed E-state index contributed by atoms with van der Waals surface area (Å²) in [6.45, 7) is 4.57. The van der Waals surface area contributed by atoms with E-state index in [-0.39, 0.29) is 18.3 Å². The van der Waals surface area contributed by atoms with Crippen molar-refractivity contribution in [3.63, 3.8) is 0 Å². The zero-order valence-corrected chi connectivity index (χ0v) is 15.1. The molecule has 7 heteroatoms. The lowest BCUT2D eigenvalue weighted by molar-refractivity contribution is -0.133. The number of benzene rings is 1. The molecule has 1 aromatic carbocycles. The molecule has 140 valence electrons. The quantitative estimate of drug-likeness (QED) is 0.710. The van der Waals surface area contributed by atoms with E-state index in [0.717, 1.165) is 11.4 Å². The Morgan fingerprint density at radius 1 is 1.15 bits per heavy atom. The lowest BCUT2D eigenvalue weighted by Gasteiger charge is -2.36. The van der Waals surface area contributed by atoms with Gasteiger partial charge in [0.25, 0.3) is 5.91 Å².